The van der Waals surface area contributed by atoms with Crippen LogP contribution in [0.5, 0.6) is 5.75 Å². The molecule has 3 fully saturated rings. The summed E-state index contributed by atoms with van der Waals surface area (Å²) in [7, 11) is 0. The molecule has 4 rings (SSSR count). The third-order valence-electron chi connectivity index (χ3n) is 6.78. The van der Waals surface area contributed by atoms with E-state index in [1.807, 2.05) is 4.90 Å². The number of alkyl carbamates (subject to hydrolysis) is 1. The number of benzene rings is 1. The molecule has 0 atom stereocenters. The lowest BCUT2D eigenvalue weighted by atomic mass is 9.68. The van der Waals surface area contributed by atoms with Crippen LogP contribution < -0.4 is 10.1 Å². The molecule has 0 aromatic heterocycles. The van der Waals surface area contributed by atoms with Crippen LogP contribution in [0, 0.1) is 17.2 Å². The lowest BCUT2D eigenvalue weighted by Crippen LogP contribution is -2.59. The van der Waals surface area contributed by atoms with Gasteiger partial charge in [-0.1, -0.05) is 18.5 Å². The standard InChI is InChI=1S/C21H26ClFN2O4/c1-2-20(12-28-17-4-3-15(23)9-16(17)22)5-7-25(8-6-20)18(26)14-10-21(11-14)13-29-19(27)24-21/h3-4,9,14H,2,5-8,10-13H2,1H3,(H,24,27)/t14-,21+. The summed E-state index contributed by atoms with van der Waals surface area (Å²) in [6.07, 6.45) is 3.56. The minimum Gasteiger partial charge on any atom is -0.491 e. The van der Waals surface area contributed by atoms with Crippen LogP contribution >= 0.6 is 11.6 Å². The normalized spacial score (nSPS) is 27.9. The van der Waals surface area contributed by atoms with Gasteiger partial charge in [-0.15, -0.1) is 0 Å². The van der Waals surface area contributed by atoms with E-state index < -0.39 is 0 Å². The van der Waals surface area contributed by atoms with Gasteiger partial charge >= 0.3 is 6.09 Å². The van der Waals surface area contributed by atoms with Crippen LogP contribution in [0.4, 0.5) is 9.18 Å². The molecule has 0 bridgehead atoms. The Labute approximate surface area is 174 Å². The zero-order chi connectivity index (χ0) is 20.6. The SMILES string of the molecule is CCC1(COc2ccc(F)cc2Cl)CCN(C(=O)[C@H]2C[C@]3(COC(=O)N3)C2)CC1. The number of ether oxygens (including phenoxy) is 2. The fraction of sp³-hybridized carbons (Fsp3) is 0.619. The van der Waals surface area contributed by atoms with Crippen molar-refractivity contribution in [1.29, 1.82) is 0 Å². The summed E-state index contributed by atoms with van der Waals surface area (Å²) < 4.78 is 24.1. The second-order valence-electron chi connectivity index (χ2n) is 8.63. The molecule has 1 aliphatic carbocycles. The molecule has 2 aliphatic heterocycles. The zero-order valence-corrected chi connectivity index (χ0v) is 17.3. The first-order valence-electron chi connectivity index (χ1n) is 10.2. The van der Waals surface area contributed by atoms with Gasteiger partial charge in [-0.05, 0) is 50.3 Å². The van der Waals surface area contributed by atoms with Crippen LogP contribution in [0.3, 0.4) is 0 Å². The molecule has 1 spiro atoms. The highest BCUT2D eigenvalue weighted by Crippen LogP contribution is 2.43. The number of cyclic esters (lactones) is 1. The maximum Gasteiger partial charge on any atom is 0.407 e. The quantitative estimate of drug-likeness (QED) is 0.781. The monoisotopic (exact) mass is 424 g/mol. The predicted octanol–water partition coefficient (Wildman–Crippen LogP) is 3.77. The Kier molecular flexibility index (Phi) is 5.36. The van der Waals surface area contributed by atoms with E-state index in [0.717, 1.165) is 19.3 Å². The molecule has 1 N–H and O–H groups in total. The number of carbonyl (C=O) groups is 2. The number of carbonyl (C=O) groups excluding carboxylic acids is 2. The Morgan fingerprint density at radius 3 is 2.69 bits per heavy atom. The van der Waals surface area contributed by atoms with E-state index in [1.54, 1.807) is 6.07 Å². The lowest BCUT2D eigenvalue weighted by molar-refractivity contribution is -0.144. The molecular weight excluding hydrogens is 399 g/mol. The van der Waals surface area contributed by atoms with Crippen molar-refractivity contribution < 1.29 is 23.5 Å². The van der Waals surface area contributed by atoms with Gasteiger partial charge in [-0.3, -0.25) is 4.79 Å². The third-order valence-corrected chi connectivity index (χ3v) is 7.08. The van der Waals surface area contributed by atoms with Crippen molar-refractivity contribution in [2.45, 2.75) is 44.6 Å². The first-order valence-corrected chi connectivity index (χ1v) is 10.5. The molecule has 29 heavy (non-hydrogen) atoms. The summed E-state index contributed by atoms with van der Waals surface area (Å²) in [5.41, 5.74) is -0.356. The fourth-order valence-electron chi connectivity index (χ4n) is 4.65. The van der Waals surface area contributed by atoms with Gasteiger partial charge in [0.25, 0.3) is 0 Å². The lowest BCUT2D eigenvalue weighted by Gasteiger charge is -2.46. The number of likely N-dealkylation sites (tertiary alicyclic amines) is 1. The maximum absolute atomic E-state index is 13.2. The molecule has 8 heteroatoms. The smallest absolute Gasteiger partial charge is 0.407 e. The molecular formula is C21H26ClFN2O4. The second-order valence-corrected chi connectivity index (χ2v) is 9.04. The van der Waals surface area contributed by atoms with Crippen LogP contribution in [-0.2, 0) is 9.53 Å². The molecule has 0 radical (unpaired) electrons. The van der Waals surface area contributed by atoms with E-state index in [-0.39, 0.29) is 39.7 Å². The number of nitrogens with one attached hydrogen (secondary N) is 1. The van der Waals surface area contributed by atoms with Gasteiger partial charge < -0.3 is 19.7 Å². The minimum absolute atomic E-state index is 0.0252. The number of hydrogen-bond donors (Lipinski definition) is 1. The van der Waals surface area contributed by atoms with Crippen molar-refractivity contribution in [1.82, 2.24) is 10.2 Å². The fourth-order valence-corrected chi connectivity index (χ4v) is 4.87. The maximum atomic E-state index is 13.2. The summed E-state index contributed by atoms with van der Waals surface area (Å²) in [4.78, 5) is 26.1. The van der Waals surface area contributed by atoms with Gasteiger partial charge in [-0.2, -0.15) is 0 Å². The van der Waals surface area contributed by atoms with E-state index in [4.69, 9.17) is 21.1 Å². The number of nitrogens with zero attached hydrogens (tertiary/aromatic N) is 1. The summed E-state index contributed by atoms with van der Waals surface area (Å²) >= 11 is 6.07. The molecule has 2 amide bonds. The van der Waals surface area contributed by atoms with Crippen molar-refractivity contribution in [3.63, 3.8) is 0 Å². The van der Waals surface area contributed by atoms with E-state index in [2.05, 4.69) is 12.2 Å². The highest BCUT2D eigenvalue weighted by Gasteiger charge is 2.53. The highest BCUT2D eigenvalue weighted by atomic mass is 35.5. The van der Waals surface area contributed by atoms with E-state index >= 15 is 0 Å². The van der Waals surface area contributed by atoms with E-state index in [1.165, 1.54) is 12.1 Å². The van der Waals surface area contributed by atoms with E-state index in [0.29, 0.717) is 44.9 Å². The van der Waals surface area contributed by atoms with Crippen LogP contribution in [0.2, 0.25) is 5.02 Å². The summed E-state index contributed by atoms with van der Waals surface area (Å²) in [6.45, 7) is 4.37. The van der Waals surface area contributed by atoms with Crippen molar-refractivity contribution in [2.75, 3.05) is 26.3 Å². The van der Waals surface area contributed by atoms with Gasteiger partial charge in [0.2, 0.25) is 5.91 Å². The first-order chi connectivity index (χ1) is 13.8. The average molecular weight is 425 g/mol. The Morgan fingerprint density at radius 1 is 1.38 bits per heavy atom. The topological polar surface area (TPSA) is 67.9 Å². The molecule has 6 nitrogen and oxygen atoms in total. The summed E-state index contributed by atoms with van der Waals surface area (Å²) in [6, 6.07) is 4.14. The van der Waals surface area contributed by atoms with E-state index in [9.17, 15) is 14.0 Å². The van der Waals surface area contributed by atoms with Gasteiger partial charge in [-0.25, -0.2) is 9.18 Å². The predicted molar refractivity (Wildman–Crippen MR) is 105 cm³/mol. The molecule has 0 unspecified atom stereocenters. The van der Waals surface area contributed by atoms with Crippen molar-refractivity contribution >= 4 is 23.6 Å². The first kappa shape index (κ1) is 20.3. The van der Waals surface area contributed by atoms with Crippen molar-refractivity contribution in [2.24, 2.45) is 11.3 Å². The number of hydrogen-bond acceptors (Lipinski definition) is 4. The number of piperidine rings is 1. The Balaban J connectivity index is 1.29. The molecule has 1 aromatic rings. The molecule has 2 heterocycles. The number of amides is 2. The van der Waals surface area contributed by atoms with Gasteiger partial charge in [0.1, 0.15) is 18.2 Å². The summed E-state index contributed by atoms with van der Waals surface area (Å²) in [5.74, 6) is 0.227. The minimum atomic E-state index is -0.388. The zero-order valence-electron chi connectivity index (χ0n) is 16.5. The van der Waals surface area contributed by atoms with Crippen LogP contribution in [0.25, 0.3) is 0 Å². The Morgan fingerprint density at radius 2 is 2.10 bits per heavy atom. The Bertz CT molecular complexity index is 804. The second kappa shape index (κ2) is 7.67. The average Bonchev–Trinajstić information content (AvgIpc) is 3.08. The number of rotatable bonds is 5. The van der Waals surface area contributed by atoms with Crippen LogP contribution in [-0.4, -0.2) is 48.7 Å². The largest absolute Gasteiger partial charge is 0.491 e. The van der Waals surface area contributed by atoms with Crippen molar-refractivity contribution in [3.8, 4) is 5.75 Å². The third kappa shape index (κ3) is 4.02. The van der Waals surface area contributed by atoms with Crippen LogP contribution in [0.1, 0.15) is 39.0 Å². The number of halogens is 2. The van der Waals surface area contributed by atoms with Gasteiger partial charge in [0.15, 0.2) is 0 Å². The molecule has 1 saturated carbocycles. The highest BCUT2D eigenvalue weighted by molar-refractivity contribution is 6.32. The molecule has 1 aromatic carbocycles. The molecule has 3 aliphatic rings. The van der Waals surface area contributed by atoms with Gasteiger partial charge in [0.05, 0.1) is 17.2 Å². The van der Waals surface area contributed by atoms with Crippen LogP contribution in [0.15, 0.2) is 18.2 Å². The summed E-state index contributed by atoms with van der Waals surface area (Å²) in [5, 5.41) is 3.10. The molecule has 2 saturated heterocycles. The molecule has 158 valence electrons. The van der Waals surface area contributed by atoms with Crippen molar-refractivity contribution in [3.05, 3.63) is 29.0 Å². The van der Waals surface area contributed by atoms with Gasteiger partial charge in [0, 0.05) is 24.4 Å². The Hall–Kier alpha value is -2.02.